The number of hydrogen-bond acceptors (Lipinski definition) is 6. The largest absolute Gasteiger partial charge is 0.497 e. The number of carbonyl (C=O) groups excluding carboxylic acids is 2. The summed E-state index contributed by atoms with van der Waals surface area (Å²) >= 11 is 1.59. The maximum absolute atomic E-state index is 12.5. The molecule has 7 nitrogen and oxygen atoms in total. The van der Waals surface area contributed by atoms with Crippen molar-refractivity contribution in [1.29, 1.82) is 0 Å². The summed E-state index contributed by atoms with van der Waals surface area (Å²) in [7, 11) is 3.48. The van der Waals surface area contributed by atoms with Crippen molar-refractivity contribution in [2.24, 2.45) is 0 Å². The number of likely N-dealkylation sites (N-methyl/N-ethyl adjacent to an activating group) is 2. The SMILES string of the molecule is CCN(CC(=O)NCc1cccs1)C(=O)CN(C)CCOc1ccc(OC)cc1. The average Bonchev–Trinajstić information content (AvgIpc) is 3.24. The van der Waals surface area contributed by atoms with Gasteiger partial charge in [-0.2, -0.15) is 0 Å². The molecule has 2 aromatic rings. The Labute approximate surface area is 176 Å². The summed E-state index contributed by atoms with van der Waals surface area (Å²) in [6.07, 6.45) is 0. The third kappa shape index (κ3) is 8.13. The first-order valence-electron chi connectivity index (χ1n) is 9.54. The molecule has 8 heteroatoms. The van der Waals surface area contributed by atoms with E-state index in [1.54, 1.807) is 23.3 Å². The quantitative estimate of drug-likeness (QED) is 0.571. The van der Waals surface area contributed by atoms with Gasteiger partial charge in [0.25, 0.3) is 0 Å². The molecule has 0 aliphatic carbocycles. The Hall–Kier alpha value is -2.58. The Bertz CT molecular complexity index is 750. The highest BCUT2D eigenvalue weighted by molar-refractivity contribution is 7.09. The smallest absolute Gasteiger partial charge is 0.239 e. The first kappa shape index (κ1) is 22.7. The zero-order valence-electron chi connectivity index (χ0n) is 17.2. The molecule has 29 heavy (non-hydrogen) atoms. The van der Waals surface area contributed by atoms with E-state index in [0.29, 0.717) is 26.2 Å². The number of carbonyl (C=O) groups is 2. The van der Waals surface area contributed by atoms with Gasteiger partial charge in [0, 0.05) is 18.0 Å². The topological polar surface area (TPSA) is 71.1 Å². The van der Waals surface area contributed by atoms with E-state index in [-0.39, 0.29) is 24.9 Å². The Kier molecular flexibility index (Phi) is 9.46. The molecule has 0 atom stereocenters. The summed E-state index contributed by atoms with van der Waals surface area (Å²) in [5.74, 6) is 1.30. The van der Waals surface area contributed by atoms with Crippen LogP contribution in [-0.2, 0) is 16.1 Å². The fraction of sp³-hybridized carbons (Fsp3) is 0.429. The van der Waals surface area contributed by atoms with Crippen molar-refractivity contribution >= 4 is 23.2 Å². The molecule has 0 radical (unpaired) electrons. The van der Waals surface area contributed by atoms with E-state index < -0.39 is 0 Å². The normalized spacial score (nSPS) is 10.6. The van der Waals surface area contributed by atoms with Crippen molar-refractivity contribution in [3.05, 3.63) is 46.7 Å². The lowest BCUT2D eigenvalue weighted by molar-refractivity contribution is -0.136. The van der Waals surface area contributed by atoms with Crippen LogP contribution in [0.3, 0.4) is 0 Å². The standard InChI is InChI=1S/C21H29N3O4S/c1-4-24(15-20(25)22-14-19-6-5-13-29-19)21(26)16-23(2)11-12-28-18-9-7-17(27-3)8-10-18/h5-10,13H,4,11-12,14-16H2,1-3H3,(H,22,25). The molecule has 2 rings (SSSR count). The monoisotopic (exact) mass is 419 g/mol. The molecule has 0 unspecified atom stereocenters. The number of amides is 2. The first-order valence-corrected chi connectivity index (χ1v) is 10.4. The number of ether oxygens (including phenoxy) is 2. The van der Waals surface area contributed by atoms with E-state index in [1.807, 2.05) is 60.6 Å². The van der Waals surface area contributed by atoms with Crippen LogP contribution in [0.4, 0.5) is 0 Å². The summed E-state index contributed by atoms with van der Waals surface area (Å²) in [5, 5.41) is 4.82. The number of rotatable bonds is 12. The number of methoxy groups -OCH3 is 1. The summed E-state index contributed by atoms with van der Waals surface area (Å²) in [6.45, 7) is 4.21. The van der Waals surface area contributed by atoms with E-state index in [2.05, 4.69) is 5.32 Å². The van der Waals surface area contributed by atoms with Gasteiger partial charge in [0.15, 0.2) is 0 Å². The van der Waals surface area contributed by atoms with Gasteiger partial charge in [-0.05, 0) is 49.7 Å². The van der Waals surface area contributed by atoms with E-state index >= 15 is 0 Å². The molecule has 0 bridgehead atoms. The lowest BCUT2D eigenvalue weighted by Crippen LogP contribution is -2.44. The van der Waals surface area contributed by atoms with Crippen LogP contribution >= 0.6 is 11.3 Å². The van der Waals surface area contributed by atoms with Crippen LogP contribution in [0.2, 0.25) is 0 Å². The molecule has 158 valence electrons. The second-order valence-corrected chi connectivity index (χ2v) is 7.56. The van der Waals surface area contributed by atoms with Crippen molar-refractivity contribution in [3.8, 4) is 11.5 Å². The third-order valence-corrected chi connectivity index (χ3v) is 5.19. The van der Waals surface area contributed by atoms with Gasteiger partial charge < -0.3 is 19.7 Å². The fourth-order valence-electron chi connectivity index (χ4n) is 2.61. The van der Waals surface area contributed by atoms with Gasteiger partial charge in [0.2, 0.25) is 11.8 Å². The van der Waals surface area contributed by atoms with Gasteiger partial charge in [0.1, 0.15) is 18.1 Å². The molecule has 0 saturated carbocycles. The second kappa shape index (κ2) is 12.1. The van der Waals surface area contributed by atoms with Crippen LogP contribution < -0.4 is 14.8 Å². The number of hydrogen-bond donors (Lipinski definition) is 1. The second-order valence-electron chi connectivity index (χ2n) is 6.53. The van der Waals surface area contributed by atoms with E-state index in [4.69, 9.17) is 9.47 Å². The van der Waals surface area contributed by atoms with Gasteiger partial charge in [0.05, 0.1) is 26.7 Å². The molecule has 1 aromatic carbocycles. The molecule has 1 N–H and O–H groups in total. The molecular formula is C21H29N3O4S. The molecule has 1 heterocycles. The van der Waals surface area contributed by atoms with Crippen LogP contribution in [0.15, 0.2) is 41.8 Å². The average molecular weight is 420 g/mol. The van der Waals surface area contributed by atoms with Crippen molar-refractivity contribution in [2.45, 2.75) is 13.5 Å². The summed E-state index contributed by atoms with van der Waals surface area (Å²) < 4.78 is 10.8. The highest BCUT2D eigenvalue weighted by Gasteiger charge is 2.17. The zero-order valence-corrected chi connectivity index (χ0v) is 18.0. The zero-order chi connectivity index (χ0) is 21.1. The molecular weight excluding hydrogens is 390 g/mol. The Morgan fingerprint density at radius 2 is 1.83 bits per heavy atom. The van der Waals surface area contributed by atoms with Crippen molar-refractivity contribution < 1.29 is 19.1 Å². The minimum absolute atomic E-state index is 0.0664. The maximum Gasteiger partial charge on any atom is 0.239 e. The minimum atomic E-state index is -0.154. The van der Waals surface area contributed by atoms with Crippen molar-refractivity contribution in [2.75, 3.05) is 46.9 Å². The van der Waals surface area contributed by atoms with Gasteiger partial charge in [-0.15, -0.1) is 11.3 Å². The van der Waals surface area contributed by atoms with Crippen LogP contribution in [0, 0.1) is 0 Å². The summed E-state index contributed by atoms with van der Waals surface area (Å²) in [6, 6.07) is 11.3. The lowest BCUT2D eigenvalue weighted by atomic mass is 10.3. The molecule has 0 aliphatic rings. The van der Waals surface area contributed by atoms with Crippen LogP contribution in [0.5, 0.6) is 11.5 Å². The van der Waals surface area contributed by atoms with Gasteiger partial charge in [-0.1, -0.05) is 6.07 Å². The Morgan fingerprint density at radius 3 is 2.45 bits per heavy atom. The van der Waals surface area contributed by atoms with E-state index in [9.17, 15) is 9.59 Å². The van der Waals surface area contributed by atoms with E-state index in [0.717, 1.165) is 16.4 Å². The number of nitrogens with zero attached hydrogens (tertiary/aromatic N) is 2. The highest BCUT2D eigenvalue weighted by Crippen LogP contribution is 2.16. The number of benzene rings is 1. The Morgan fingerprint density at radius 1 is 1.10 bits per heavy atom. The van der Waals surface area contributed by atoms with Crippen LogP contribution in [0.25, 0.3) is 0 Å². The molecule has 0 aliphatic heterocycles. The van der Waals surface area contributed by atoms with E-state index in [1.165, 1.54) is 0 Å². The minimum Gasteiger partial charge on any atom is -0.497 e. The van der Waals surface area contributed by atoms with Crippen LogP contribution in [0.1, 0.15) is 11.8 Å². The fourth-order valence-corrected chi connectivity index (χ4v) is 3.25. The summed E-state index contributed by atoms with van der Waals surface area (Å²) in [5.41, 5.74) is 0. The molecule has 1 aromatic heterocycles. The maximum atomic E-state index is 12.5. The van der Waals surface area contributed by atoms with Gasteiger partial charge in [-0.25, -0.2) is 0 Å². The Balaban J connectivity index is 1.69. The molecule has 0 saturated heterocycles. The predicted octanol–water partition coefficient (Wildman–Crippen LogP) is 2.23. The van der Waals surface area contributed by atoms with Gasteiger partial charge >= 0.3 is 0 Å². The third-order valence-electron chi connectivity index (χ3n) is 4.32. The van der Waals surface area contributed by atoms with Crippen molar-refractivity contribution in [3.63, 3.8) is 0 Å². The summed E-state index contributed by atoms with van der Waals surface area (Å²) in [4.78, 5) is 29.2. The molecule has 0 fully saturated rings. The van der Waals surface area contributed by atoms with Crippen LogP contribution in [-0.4, -0.2) is 68.6 Å². The highest BCUT2D eigenvalue weighted by atomic mass is 32.1. The lowest BCUT2D eigenvalue weighted by Gasteiger charge is -2.24. The van der Waals surface area contributed by atoms with Gasteiger partial charge in [-0.3, -0.25) is 14.5 Å². The molecule has 2 amide bonds. The number of thiophene rings is 1. The van der Waals surface area contributed by atoms with Crippen molar-refractivity contribution in [1.82, 2.24) is 15.1 Å². The first-order chi connectivity index (χ1) is 14.0. The number of nitrogens with one attached hydrogen (secondary N) is 1. The predicted molar refractivity (Wildman–Crippen MR) is 114 cm³/mol. The molecule has 0 spiro atoms.